The standard InChI is InChI=1S/C7H10F3NO2/c1-13-6(12)4-2-3-11-5(4)7(8,9)10/h4-5,11H,2-3H2,1H3. The van der Waals surface area contributed by atoms with Crippen LogP contribution in [0.4, 0.5) is 13.2 Å². The van der Waals surface area contributed by atoms with E-state index in [4.69, 9.17) is 0 Å². The van der Waals surface area contributed by atoms with Gasteiger partial charge >= 0.3 is 12.1 Å². The minimum atomic E-state index is -4.38. The van der Waals surface area contributed by atoms with Gasteiger partial charge in [0.1, 0.15) is 6.04 Å². The van der Waals surface area contributed by atoms with Crippen LogP contribution in [0.3, 0.4) is 0 Å². The molecule has 1 N–H and O–H groups in total. The number of hydrogen-bond donors (Lipinski definition) is 1. The van der Waals surface area contributed by atoms with Crippen LogP contribution in [0.15, 0.2) is 0 Å². The Balaban J connectivity index is 2.70. The lowest BCUT2D eigenvalue weighted by atomic mass is 10.0. The highest BCUT2D eigenvalue weighted by Gasteiger charge is 2.50. The molecule has 2 atom stereocenters. The molecule has 0 spiro atoms. The first kappa shape index (κ1) is 10.3. The van der Waals surface area contributed by atoms with Crippen LogP contribution in [0, 0.1) is 5.92 Å². The van der Waals surface area contributed by atoms with E-state index in [0.29, 0.717) is 0 Å². The monoisotopic (exact) mass is 197 g/mol. The lowest BCUT2D eigenvalue weighted by molar-refractivity contribution is -0.174. The van der Waals surface area contributed by atoms with Gasteiger partial charge in [0.05, 0.1) is 13.0 Å². The fourth-order valence-electron chi connectivity index (χ4n) is 1.45. The maximum absolute atomic E-state index is 12.2. The predicted octanol–water partition coefficient (Wildman–Crippen LogP) is 0.700. The number of halogens is 3. The SMILES string of the molecule is COC(=O)C1CCNC1C(F)(F)F. The molecule has 1 fully saturated rings. The molecule has 6 heteroatoms. The third-order valence-corrected chi connectivity index (χ3v) is 2.08. The van der Waals surface area contributed by atoms with Crippen molar-refractivity contribution in [2.75, 3.05) is 13.7 Å². The van der Waals surface area contributed by atoms with Gasteiger partial charge in [-0.05, 0) is 13.0 Å². The summed E-state index contributed by atoms with van der Waals surface area (Å²) < 4.78 is 41.0. The van der Waals surface area contributed by atoms with E-state index < -0.39 is 24.1 Å². The first-order valence-electron chi connectivity index (χ1n) is 3.84. The Morgan fingerprint density at radius 1 is 1.54 bits per heavy atom. The molecule has 0 aliphatic carbocycles. The van der Waals surface area contributed by atoms with Gasteiger partial charge in [0.25, 0.3) is 0 Å². The molecule has 13 heavy (non-hydrogen) atoms. The molecule has 1 aliphatic heterocycles. The zero-order valence-electron chi connectivity index (χ0n) is 7.02. The predicted molar refractivity (Wildman–Crippen MR) is 38.0 cm³/mol. The summed E-state index contributed by atoms with van der Waals surface area (Å²) in [6, 6.07) is -1.75. The summed E-state index contributed by atoms with van der Waals surface area (Å²) in [5.74, 6) is -1.89. The molecule has 1 rings (SSSR count). The number of esters is 1. The average Bonchev–Trinajstić information content (AvgIpc) is 2.49. The van der Waals surface area contributed by atoms with Crippen molar-refractivity contribution in [2.24, 2.45) is 5.92 Å². The number of nitrogens with one attached hydrogen (secondary N) is 1. The van der Waals surface area contributed by atoms with E-state index in [9.17, 15) is 18.0 Å². The largest absolute Gasteiger partial charge is 0.469 e. The maximum atomic E-state index is 12.2. The van der Waals surface area contributed by atoms with Crippen LogP contribution in [0.2, 0.25) is 0 Å². The quantitative estimate of drug-likeness (QED) is 0.629. The summed E-state index contributed by atoms with van der Waals surface area (Å²) in [4.78, 5) is 10.9. The summed E-state index contributed by atoms with van der Waals surface area (Å²) in [5, 5.41) is 2.24. The van der Waals surface area contributed by atoms with Crippen LogP contribution >= 0.6 is 0 Å². The number of carbonyl (C=O) groups is 1. The van der Waals surface area contributed by atoms with Gasteiger partial charge in [0.2, 0.25) is 0 Å². The van der Waals surface area contributed by atoms with Gasteiger partial charge < -0.3 is 10.1 Å². The molecule has 0 aromatic carbocycles. The van der Waals surface area contributed by atoms with Crippen molar-refractivity contribution in [1.29, 1.82) is 0 Å². The van der Waals surface area contributed by atoms with Gasteiger partial charge in [-0.25, -0.2) is 0 Å². The van der Waals surface area contributed by atoms with Crippen molar-refractivity contribution in [1.82, 2.24) is 5.32 Å². The second-order valence-corrected chi connectivity index (χ2v) is 2.89. The van der Waals surface area contributed by atoms with Gasteiger partial charge in [-0.2, -0.15) is 13.2 Å². The van der Waals surface area contributed by atoms with Crippen molar-refractivity contribution in [2.45, 2.75) is 18.6 Å². The molecule has 0 radical (unpaired) electrons. The molecule has 1 saturated heterocycles. The van der Waals surface area contributed by atoms with Crippen LogP contribution < -0.4 is 5.32 Å². The van der Waals surface area contributed by atoms with Crippen molar-refractivity contribution in [3.05, 3.63) is 0 Å². The Bertz CT molecular complexity index is 204. The molecule has 0 aromatic heterocycles. The Morgan fingerprint density at radius 3 is 2.62 bits per heavy atom. The third-order valence-electron chi connectivity index (χ3n) is 2.08. The molecule has 0 aromatic rings. The minimum Gasteiger partial charge on any atom is -0.469 e. The lowest BCUT2D eigenvalue weighted by Gasteiger charge is -2.20. The fraction of sp³-hybridized carbons (Fsp3) is 0.857. The van der Waals surface area contributed by atoms with Crippen LogP contribution in [0.5, 0.6) is 0 Å². The zero-order chi connectivity index (χ0) is 10.1. The Hall–Kier alpha value is -0.780. The Labute approximate surface area is 73.2 Å². The smallest absolute Gasteiger partial charge is 0.404 e. The number of ether oxygens (including phenoxy) is 1. The average molecular weight is 197 g/mol. The van der Waals surface area contributed by atoms with E-state index in [1.807, 2.05) is 0 Å². The van der Waals surface area contributed by atoms with Gasteiger partial charge in [-0.15, -0.1) is 0 Å². The first-order chi connectivity index (χ1) is 5.96. The number of alkyl halides is 3. The summed E-state index contributed by atoms with van der Waals surface area (Å²) in [6.45, 7) is 0.198. The molecule has 76 valence electrons. The van der Waals surface area contributed by atoms with Gasteiger partial charge in [0, 0.05) is 0 Å². The second kappa shape index (κ2) is 3.53. The van der Waals surface area contributed by atoms with E-state index in [1.165, 1.54) is 0 Å². The van der Waals surface area contributed by atoms with Crippen LogP contribution in [-0.2, 0) is 9.53 Å². The van der Waals surface area contributed by atoms with E-state index in [2.05, 4.69) is 10.1 Å². The molecule has 0 bridgehead atoms. The summed E-state index contributed by atoms with van der Waals surface area (Å²) in [5.41, 5.74) is 0. The molecule has 2 unspecified atom stereocenters. The number of methoxy groups -OCH3 is 1. The molecule has 0 saturated carbocycles. The van der Waals surface area contributed by atoms with Crippen molar-refractivity contribution < 1.29 is 22.7 Å². The highest BCUT2D eigenvalue weighted by atomic mass is 19.4. The minimum absolute atomic E-state index is 0.177. The van der Waals surface area contributed by atoms with E-state index in [1.54, 1.807) is 0 Å². The Kier molecular flexibility index (Phi) is 2.80. The molecule has 1 aliphatic rings. The van der Waals surface area contributed by atoms with Crippen molar-refractivity contribution >= 4 is 5.97 Å². The lowest BCUT2D eigenvalue weighted by Crippen LogP contribution is -2.44. The van der Waals surface area contributed by atoms with Gasteiger partial charge in [-0.1, -0.05) is 0 Å². The molecule has 0 amide bonds. The van der Waals surface area contributed by atoms with E-state index >= 15 is 0 Å². The van der Waals surface area contributed by atoms with E-state index in [-0.39, 0.29) is 13.0 Å². The first-order valence-corrected chi connectivity index (χ1v) is 3.84. The van der Waals surface area contributed by atoms with Crippen LogP contribution in [-0.4, -0.2) is 31.8 Å². The number of hydrogen-bond acceptors (Lipinski definition) is 3. The van der Waals surface area contributed by atoms with E-state index in [0.717, 1.165) is 7.11 Å². The summed E-state index contributed by atoms with van der Waals surface area (Å²) >= 11 is 0. The highest BCUT2D eigenvalue weighted by molar-refractivity contribution is 5.73. The van der Waals surface area contributed by atoms with Gasteiger partial charge in [0.15, 0.2) is 0 Å². The maximum Gasteiger partial charge on any atom is 0.404 e. The summed E-state index contributed by atoms with van der Waals surface area (Å²) in [6.07, 6.45) is -4.20. The number of carbonyl (C=O) groups excluding carboxylic acids is 1. The van der Waals surface area contributed by atoms with Crippen molar-refractivity contribution in [3.63, 3.8) is 0 Å². The molecular formula is C7H10F3NO2. The highest BCUT2D eigenvalue weighted by Crippen LogP contribution is 2.31. The summed E-state index contributed by atoms with van der Waals surface area (Å²) in [7, 11) is 1.09. The van der Waals surface area contributed by atoms with Crippen LogP contribution in [0.25, 0.3) is 0 Å². The number of rotatable bonds is 1. The molecular weight excluding hydrogens is 187 g/mol. The third kappa shape index (κ3) is 2.12. The topological polar surface area (TPSA) is 38.3 Å². The Morgan fingerprint density at radius 2 is 2.15 bits per heavy atom. The molecule has 3 nitrogen and oxygen atoms in total. The normalized spacial score (nSPS) is 28.9. The molecule has 1 heterocycles. The second-order valence-electron chi connectivity index (χ2n) is 2.89. The van der Waals surface area contributed by atoms with Crippen molar-refractivity contribution in [3.8, 4) is 0 Å². The zero-order valence-corrected chi connectivity index (χ0v) is 7.02. The fourth-order valence-corrected chi connectivity index (χ4v) is 1.45. The van der Waals surface area contributed by atoms with Crippen LogP contribution in [0.1, 0.15) is 6.42 Å². The van der Waals surface area contributed by atoms with Gasteiger partial charge in [-0.3, -0.25) is 4.79 Å².